The Morgan fingerprint density at radius 3 is 2.64 bits per heavy atom. The topological polar surface area (TPSA) is 122 Å². The van der Waals surface area contributed by atoms with Gasteiger partial charge in [-0.3, -0.25) is 19.3 Å². The van der Waals surface area contributed by atoms with E-state index >= 15 is 0 Å². The van der Waals surface area contributed by atoms with Gasteiger partial charge in [-0.05, 0) is 67.9 Å². The molecule has 2 aromatic carbocycles. The zero-order valence-electron chi connectivity index (χ0n) is 26.8. The van der Waals surface area contributed by atoms with Crippen LogP contribution in [-0.4, -0.2) is 79.6 Å². The molecule has 6 rings (SSSR count). The van der Waals surface area contributed by atoms with Crippen LogP contribution in [0.3, 0.4) is 0 Å². The van der Waals surface area contributed by atoms with Crippen LogP contribution in [0.5, 0.6) is 5.75 Å². The molecule has 3 amide bonds. The Morgan fingerprint density at radius 2 is 1.87 bits per heavy atom. The molecule has 0 radical (unpaired) electrons. The molecule has 1 aromatic heterocycles. The zero-order chi connectivity index (χ0) is 32.6. The average molecular weight is 658 g/mol. The maximum absolute atomic E-state index is 13.8. The van der Waals surface area contributed by atoms with E-state index in [1.54, 1.807) is 7.11 Å². The Balaban J connectivity index is 1.12. The van der Waals surface area contributed by atoms with Crippen LogP contribution < -0.4 is 20.7 Å². The number of fused-ring (bicyclic) bond motifs is 1. The molecule has 47 heavy (non-hydrogen) atoms. The van der Waals surface area contributed by atoms with Crippen molar-refractivity contribution < 1.29 is 23.9 Å². The number of piperidine rings is 1. The van der Waals surface area contributed by atoms with Gasteiger partial charge in [0, 0.05) is 49.7 Å². The van der Waals surface area contributed by atoms with Crippen molar-refractivity contribution in [2.24, 2.45) is 11.3 Å². The van der Waals surface area contributed by atoms with Gasteiger partial charge in [0.2, 0.25) is 17.7 Å². The Kier molecular flexibility index (Phi) is 10.6. The summed E-state index contributed by atoms with van der Waals surface area (Å²) in [6.45, 7) is 2.65. The fourth-order valence-electron chi connectivity index (χ4n) is 6.79. The second kappa shape index (κ2) is 15.2. The number of carbonyl (C=O) groups is 3. The van der Waals surface area contributed by atoms with Gasteiger partial charge in [-0.1, -0.05) is 42.5 Å². The van der Waals surface area contributed by atoms with Gasteiger partial charge in [-0.2, -0.15) is 0 Å². The predicted molar refractivity (Wildman–Crippen MR) is 182 cm³/mol. The second-order valence-electron chi connectivity index (χ2n) is 12.7. The first kappa shape index (κ1) is 32.9. The van der Waals surface area contributed by atoms with Crippen LogP contribution in [0.2, 0.25) is 0 Å². The molecule has 248 valence electrons. The molecule has 3 aromatic rings. The number of nitrogens with one attached hydrogen (secondary N) is 3. The van der Waals surface area contributed by atoms with E-state index in [4.69, 9.17) is 9.47 Å². The fraction of sp³-hybridized carbons (Fsp3) is 0.444. The number of carbonyl (C=O) groups excluding carboxylic acids is 3. The van der Waals surface area contributed by atoms with E-state index in [2.05, 4.69) is 38.0 Å². The number of amides is 3. The summed E-state index contributed by atoms with van der Waals surface area (Å²) < 4.78 is 10.9. The van der Waals surface area contributed by atoms with Crippen molar-refractivity contribution in [3.63, 3.8) is 0 Å². The molecular weight excluding hydrogens is 614 g/mol. The molecular formula is C36H43N5O5S. The van der Waals surface area contributed by atoms with Gasteiger partial charge in [0.05, 0.1) is 24.8 Å². The van der Waals surface area contributed by atoms with E-state index in [-0.39, 0.29) is 36.2 Å². The zero-order valence-corrected chi connectivity index (χ0v) is 27.6. The summed E-state index contributed by atoms with van der Waals surface area (Å²) in [5.74, 6) is 0.553. The van der Waals surface area contributed by atoms with Crippen LogP contribution in [-0.2, 0) is 25.5 Å². The maximum atomic E-state index is 13.8. The van der Waals surface area contributed by atoms with Gasteiger partial charge < -0.3 is 25.4 Å². The molecule has 11 heteroatoms. The van der Waals surface area contributed by atoms with E-state index in [0.29, 0.717) is 63.5 Å². The van der Waals surface area contributed by atoms with Crippen molar-refractivity contribution in [1.82, 2.24) is 20.5 Å². The van der Waals surface area contributed by atoms with Crippen LogP contribution in [0.4, 0.5) is 5.13 Å². The number of methoxy groups -OCH3 is 1. The predicted octanol–water partition coefficient (Wildman–Crippen LogP) is 4.44. The summed E-state index contributed by atoms with van der Waals surface area (Å²) in [5.41, 5.74) is 2.15. The van der Waals surface area contributed by atoms with Crippen LogP contribution in [0, 0.1) is 11.3 Å². The number of rotatable bonds is 7. The van der Waals surface area contributed by atoms with Gasteiger partial charge in [0.1, 0.15) is 11.8 Å². The summed E-state index contributed by atoms with van der Waals surface area (Å²) >= 11 is 1.40. The van der Waals surface area contributed by atoms with Crippen LogP contribution in [0.1, 0.15) is 37.7 Å². The van der Waals surface area contributed by atoms with E-state index in [1.807, 2.05) is 60.0 Å². The summed E-state index contributed by atoms with van der Waals surface area (Å²) in [7, 11) is 1.63. The number of hydrogen-bond acceptors (Lipinski definition) is 8. The number of likely N-dealkylation sites (tertiary alicyclic amines) is 1. The third-order valence-corrected chi connectivity index (χ3v) is 10.4. The van der Waals surface area contributed by atoms with E-state index in [0.717, 1.165) is 29.0 Å². The smallest absolute Gasteiger partial charge is 0.243 e. The minimum Gasteiger partial charge on any atom is -0.497 e. The molecule has 3 N–H and O–H groups in total. The van der Waals surface area contributed by atoms with Crippen LogP contribution in [0.15, 0.2) is 72.1 Å². The monoisotopic (exact) mass is 657 g/mol. The van der Waals surface area contributed by atoms with E-state index in [1.165, 1.54) is 11.3 Å². The number of thiazole rings is 1. The normalized spacial score (nSPS) is 24.1. The maximum Gasteiger partial charge on any atom is 0.243 e. The second-order valence-corrected chi connectivity index (χ2v) is 13.6. The lowest BCUT2D eigenvalue weighted by Gasteiger charge is -2.40. The summed E-state index contributed by atoms with van der Waals surface area (Å²) in [6.07, 6.45) is 8.02. The highest BCUT2D eigenvalue weighted by Gasteiger charge is 2.41. The van der Waals surface area contributed by atoms with Gasteiger partial charge in [-0.25, -0.2) is 4.98 Å². The number of nitrogens with zero attached hydrogens (tertiary/aromatic N) is 2. The SMILES string of the molecule is COc1ccc(-c2csc(NC(=O)CN3CC[C@@H]4NC(=O)[C@@H](Cc5ccccc5)NC(=O)C5(C/C=C/C[C@@H]4C3)CCOCC5)n2)cc1. The molecule has 0 aliphatic carbocycles. The van der Waals surface area contributed by atoms with Crippen molar-refractivity contribution in [2.45, 2.75) is 50.6 Å². The lowest BCUT2D eigenvalue weighted by atomic mass is 9.75. The van der Waals surface area contributed by atoms with E-state index < -0.39 is 11.5 Å². The summed E-state index contributed by atoms with van der Waals surface area (Å²) in [6, 6.07) is 16.7. The van der Waals surface area contributed by atoms with Gasteiger partial charge in [0.15, 0.2) is 5.13 Å². The Hall–Kier alpha value is -4.06. The first-order chi connectivity index (χ1) is 22.9. The van der Waals surface area contributed by atoms with Crippen molar-refractivity contribution in [3.05, 3.63) is 77.7 Å². The molecule has 2 fully saturated rings. The Bertz CT molecular complexity index is 1550. The molecule has 0 bridgehead atoms. The van der Waals surface area contributed by atoms with Crippen molar-refractivity contribution >= 4 is 34.2 Å². The van der Waals surface area contributed by atoms with Crippen LogP contribution in [0.25, 0.3) is 11.3 Å². The first-order valence-electron chi connectivity index (χ1n) is 16.4. The number of allylic oxidation sites excluding steroid dienone is 2. The lowest BCUT2D eigenvalue weighted by Crippen LogP contribution is -2.58. The highest BCUT2D eigenvalue weighted by Crippen LogP contribution is 2.36. The highest BCUT2D eigenvalue weighted by atomic mass is 32.1. The Morgan fingerprint density at radius 1 is 1.09 bits per heavy atom. The van der Waals surface area contributed by atoms with Gasteiger partial charge in [0.25, 0.3) is 0 Å². The molecule has 2 saturated heterocycles. The number of hydrogen-bond donors (Lipinski definition) is 3. The summed E-state index contributed by atoms with van der Waals surface area (Å²) in [5, 5.41) is 11.9. The molecule has 3 atom stereocenters. The number of benzene rings is 2. The van der Waals surface area contributed by atoms with E-state index in [9.17, 15) is 14.4 Å². The van der Waals surface area contributed by atoms with Gasteiger partial charge in [-0.15, -0.1) is 11.3 Å². The first-order valence-corrected chi connectivity index (χ1v) is 17.3. The summed E-state index contributed by atoms with van der Waals surface area (Å²) in [4.78, 5) is 47.5. The van der Waals surface area contributed by atoms with Gasteiger partial charge >= 0.3 is 0 Å². The van der Waals surface area contributed by atoms with Crippen LogP contribution >= 0.6 is 11.3 Å². The quantitative estimate of drug-likeness (QED) is 0.322. The molecule has 10 nitrogen and oxygen atoms in total. The average Bonchev–Trinajstić information content (AvgIpc) is 3.56. The standard InChI is InChI=1S/C36H43N5O5S/c1-45-28-12-10-26(11-13-28)31-24-47-35(39-31)40-32(42)23-41-18-14-29-27(22-41)9-5-6-15-36(16-19-46-20-17-36)34(44)38-30(33(43)37-29)21-25-7-3-2-4-8-25/h2-8,10-13,24,27,29-30H,9,14-23H2,1H3,(H,37,43)(H,38,44)(H,39,40,42)/b6-5+/t27-,29+,30-/m1/s1. The molecule has 3 aliphatic heterocycles. The Labute approximate surface area is 279 Å². The fourth-order valence-corrected chi connectivity index (χ4v) is 7.52. The van der Waals surface area contributed by atoms with Crippen molar-refractivity contribution in [1.29, 1.82) is 0 Å². The third kappa shape index (κ3) is 8.27. The lowest BCUT2D eigenvalue weighted by molar-refractivity contribution is -0.140. The molecule has 0 saturated carbocycles. The largest absolute Gasteiger partial charge is 0.497 e. The number of anilines is 1. The minimum atomic E-state index is -0.682. The molecule has 3 aliphatic rings. The third-order valence-electron chi connectivity index (χ3n) is 9.60. The minimum absolute atomic E-state index is 0.0656. The molecule has 0 unspecified atom stereocenters. The highest BCUT2D eigenvalue weighted by molar-refractivity contribution is 7.14. The molecule has 1 spiro atoms. The number of aromatic nitrogens is 1. The van der Waals surface area contributed by atoms with Crippen molar-refractivity contribution in [3.8, 4) is 17.0 Å². The number of ether oxygens (including phenoxy) is 2. The van der Waals surface area contributed by atoms with Crippen molar-refractivity contribution in [2.75, 3.05) is 45.3 Å². The molecule has 4 heterocycles.